The Hall–Kier alpha value is -0.870. The average Bonchev–Trinajstić information content (AvgIpc) is 2.28. The van der Waals surface area contributed by atoms with E-state index >= 15 is 0 Å². The summed E-state index contributed by atoms with van der Waals surface area (Å²) in [6, 6.07) is 7.36. The molecule has 0 amide bonds. The van der Waals surface area contributed by atoms with Gasteiger partial charge in [0.05, 0.1) is 0 Å². The van der Waals surface area contributed by atoms with E-state index in [4.69, 9.17) is 0 Å². The summed E-state index contributed by atoms with van der Waals surface area (Å²) in [4.78, 5) is 0. The molecule has 0 saturated heterocycles. The Morgan fingerprint density at radius 1 is 1.50 bits per heavy atom. The van der Waals surface area contributed by atoms with Crippen LogP contribution in [-0.2, 0) is 10.8 Å². The van der Waals surface area contributed by atoms with Crippen molar-refractivity contribution < 1.29 is 9.32 Å². The third-order valence-electron chi connectivity index (χ3n) is 2.47. The van der Waals surface area contributed by atoms with Crippen molar-refractivity contribution in [3.63, 3.8) is 0 Å². The monoisotopic (exact) mass is 241 g/mol. The quantitative estimate of drug-likeness (QED) is 0.798. The van der Waals surface area contributed by atoms with Crippen molar-refractivity contribution in [1.82, 2.24) is 5.32 Å². The van der Waals surface area contributed by atoms with Crippen molar-refractivity contribution in [2.24, 2.45) is 0 Å². The van der Waals surface area contributed by atoms with Crippen LogP contribution in [0.25, 0.3) is 0 Å². The van der Waals surface area contributed by atoms with Gasteiger partial charge in [0, 0.05) is 34.9 Å². The van der Waals surface area contributed by atoms with Crippen LogP contribution in [0.4, 0.5) is 0 Å². The lowest BCUT2D eigenvalue weighted by molar-refractivity contribution is 0.472. The Morgan fingerprint density at radius 3 is 2.88 bits per heavy atom. The van der Waals surface area contributed by atoms with Gasteiger partial charge in [-0.3, -0.25) is 4.21 Å². The van der Waals surface area contributed by atoms with Crippen molar-refractivity contribution in [3.05, 3.63) is 29.8 Å². The molecule has 0 bridgehead atoms. The van der Waals surface area contributed by atoms with Gasteiger partial charge >= 0.3 is 0 Å². The normalized spacial score (nSPS) is 14.6. The molecule has 0 aliphatic heterocycles. The fraction of sp³-hybridized carbons (Fsp3) is 0.500. The zero-order valence-electron chi connectivity index (χ0n) is 9.77. The molecule has 90 valence electrons. The molecule has 0 radical (unpaired) electrons. The summed E-state index contributed by atoms with van der Waals surface area (Å²) < 4.78 is 11.2. The van der Waals surface area contributed by atoms with Gasteiger partial charge in [-0.2, -0.15) is 0 Å². The molecule has 0 aliphatic rings. The molecule has 0 aliphatic carbocycles. The van der Waals surface area contributed by atoms with Gasteiger partial charge in [0.25, 0.3) is 0 Å². The summed E-state index contributed by atoms with van der Waals surface area (Å²) in [6.45, 7) is 4.69. The number of aromatic hydroxyl groups is 1. The lowest BCUT2D eigenvalue weighted by Crippen LogP contribution is -2.24. The maximum atomic E-state index is 11.2. The second-order valence-corrected chi connectivity index (χ2v) is 5.57. The Morgan fingerprint density at radius 2 is 2.25 bits per heavy atom. The summed E-state index contributed by atoms with van der Waals surface area (Å²) in [7, 11) is -0.716. The number of phenolic OH excluding ortho intramolecular Hbond substituents is 1. The smallest absolute Gasteiger partial charge is 0.115 e. The van der Waals surface area contributed by atoms with Crippen molar-refractivity contribution >= 4 is 10.8 Å². The largest absolute Gasteiger partial charge is 0.508 e. The number of benzene rings is 1. The minimum Gasteiger partial charge on any atom is -0.508 e. The second kappa shape index (κ2) is 6.66. The highest BCUT2D eigenvalue weighted by Crippen LogP contribution is 2.17. The van der Waals surface area contributed by atoms with Crippen LogP contribution in [0.15, 0.2) is 24.3 Å². The standard InChI is InChI=1S/C12H19NO2S/c1-3-16(15)8-7-13-10(2)11-5-4-6-12(14)9-11/h4-6,9-10,13-14H,3,7-8H2,1-2H3. The van der Waals surface area contributed by atoms with E-state index in [0.717, 1.165) is 12.1 Å². The first-order valence-electron chi connectivity index (χ1n) is 5.50. The third kappa shape index (κ3) is 4.33. The van der Waals surface area contributed by atoms with Crippen LogP contribution in [0.1, 0.15) is 25.5 Å². The van der Waals surface area contributed by atoms with Crippen LogP contribution in [0, 0.1) is 0 Å². The number of nitrogens with one attached hydrogen (secondary N) is 1. The number of hydrogen-bond donors (Lipinski definition) is 2. The fourth-order valence-corrected chi connectivity index (χ4v) is 2.08. The molecule has 16 heavy (non-hydrogen) atoms. The predicted molar refractivity (Wildman–Crippen MR) is 68.1 cm³/mol. The highest BCUT2D eigenvalue weighted by atomic mass is 32.2. The molecular formula is C12H19NO2S. The highest BCUT2D eigenvalue weighted by molar-refractivity contribution is 7.84. The van der Waals surface area contributed by atoms with Crippen LogP contribution < -0.4 is 5.32 Å². The first-order chi connectivity index (χ1) is 7.63. The summed E-state index contributed by atoms with van der Waals surface area (Å²) in [5, 5.41) is 12.6. The minimum absolute atomic E-state index is 0.168. The maximum Gasteiger partial charge on any atom is 0.115 e. The number of rotatable bonds is 6. The molecule has 2 N–H and O–H groups in total. The van der Waals surface area contributed by atoms with E-state index in [9.17, 15) is 9.32 Å². The second-order valence-electron chi connectivity index (χ2n) is 3.70. The average molecular weight is 241 g/mol. The van der Waals surface area contributed by atoms with Crippen molar-refractivity contribution in [2.45, 2.75) is 19.9 Å². The zero-order chi connectivity index (χ0) is 12.0. The van der Waals surface area contributed by atoms with E-state index < -0.39 is 10.8 Å². The van der Waals surface area contributed by atoms with Crippen molar-refractivity contribution in [2.75, 3.05) is 18.1 Å². The van der Waals surface area contributed by atoms with Gasteiger partial charge in [0.2, 0.25) is 0 Å². The third-order valence-corrected chi connectivity index (χ3v) is 3.78. The Kier molecular flexibility index (Phi) is 5.49. The van der Waals surface area contributed by atoms with Crippen LogP contribution in [0.5, 0.6) is 5.75 Å². The van der Waals surface area contributed by atoms with Crippen LogP contribution in [0.2, 0.25) is 0 Å². The summed E-state index contributed by atoms with van der Waals surface area (Å²) in [6.07, 6.45) is 0. The van der Waals surface area contributed by atoms with Gasteiger partial charge < -0.3 is 10.4 Å². The van der Waals surface area contributed by atoms with E-state index in [2.05, 4.69) is 5.32 Å². The molecule has 1 rings (SSSR count). The molecule has 1 aromatic carbocycles. The lowest BCUT2D eigenvalue weighted by atomic mass is 10.1. The van der Waals surface area contributed by atoms with Crippen LogP contribution in [-0.4, -0.2) is 27.4 Å². The topological polar surface area (TPSA) is 49.3 Å². The number of phenols is 1. The van der Waals surface area contributed by atoms with Gasteiger partial charge in [-0.05, 0) is 24.6 Å². The molecule has 1 aromatic rings. The first-order valence-corrected chi connectivity index (χ1v) is 6.99. The van der Waals surface area contributed by atoms with Gasteiger partial charge in [0.1, 0.15) is 5.75 Å². The Labute approximate surface area is 99.3 Å². The van der Waals surface area contributed by atoms with E-state index in [0.29, 0.717) is 11.5 Å². The minimum atomic E-state index is -0.716. The maximum absolute atomic E-state index is 11.2. The molecule has 0 aromatic heterocycles. The molecule has 2 unspecified atom stereocenters. The van der Waals surface area contributed by atoms with Crippen molar-refractivity contribution in [3.8, 4) is 5.75 Å². The molecule has 4 heteroatoms. The molecular weight excluding hydrogens is 222 g/mol. The Bertz CT molecular complexity index is 355. The molecule has 2 atom stereocenters. The van der Waals surface area contributed by atoms with Crippen LogP contribution >= 0.6 is 0 Å². The predicted octanol–water partition coefficient (Wildman–Crippen LogP) is 1.81. The fourth-order valence-electron chi connectivity index (χ4n) is 1.45. The molecule has 0 fully saturated rings. The highest BCUT2D eigenvalue weighted by Gasteiger charge is 2.05. The molecule has 0 heterocycles. The summed E-state index contributed by atoms with van der Waals surface area (Å²) in [5.41, 5.74) is 1.04. The van der Waals surface area contributed by atoms with E-state index in [1.54, 1.807) is 12.1 Å². The molecule has 0 spiro atoms. The van der Waals surface area contributed by atoms with E-state index in [1.807, 2.05) is 26.0 Å². The first kappa shape index (κ1) is 13.2. The van der Waals surface area contributed by atoms with E-state index in [-0.39, 0.29) is 11.8 Å². The molecule has 0 saturated carbocycles. The van der Waals surface area contributed by atoms with Gasteiger partial charge in [-0.15, -0.1) is 0 Å². The Balaban J connectivity index is 2.40. The summed E-state index contributed by atoms with van der Waals surface area (Å²) in [5.74, 6) is 1.67. The van der Waals surface area contributed by atoms with Gasteiger partial charge in [-0.25, -0.2) is 0 Å². The molecule has 3 nitrogen and oxygen atoms in total. The van der Waals surface area contributed by atoms with E-state index in [1.165, 1.54) is 0 Å². The van der Waals surface area contributed by atoms with Gasteiger partial charge in [0.15, 0.2) is 0 Å². The number of hydrogen-bond acceptors (Lipinski definition) is 3. The SMILES string of the molecule is CCS(=O)CCNC(C)c1cccc(O)c1. The van der Waals surface area contributed by atoms with Gasteiger partial charge in [-0.1, -0.05) is 19.1 Å². The van der Waals surface area contributed by atoms with Crippen LogP contribution in [0.3, 0.4) is 0 Å². The zero-order valence-corrected chi connectivity index (χ0v) is 10.6. The summed E-state index contributed by atoms with van der Waals surface area (Å²) >= 11 is 0. The lowest BCUT2D eigenvalue weighted by Gasteiger charge is -2.14. The van der Waals surface area contributed by atoms with Crippen molar-refractivity contribution in [1.29, 1.82) is 0 Å².